The minimum absolute atomic E-state index is 0.165. The number of hydrogen-bond donors (Lipinski definition) is 2. The number of benzene rings is 2. The number of oxazole rings is 1. The van der Waals surface area contributed by atoms with Gasteiger partial charge < -0.3 is 14.3 Å². The number of aryl methyl sites for hydroxylation is 1. The topological polar surface area (TPSA) is 93.8 Å². The first-order valence-corrected chi connectivity index (χ1v) is 10.2. The van der Waals surface area contributed by atoms with Crippen LogP contribution in [0.15, 0.2) is 64.7 Å². The van der Waals surface area contributed by atoms with Crippen LogP contribution in [0.5, 0.6) is 5.75 Å². The summed E-state index contributed by atoms with van der Waals surface area (Å²) in [4.78, 5) is 20.4. The second-order valence-corrected chi connectivity index (χ2v) is 6.94. The molecule has 7 nitrogen and oxygen atoms in total. The van der Waals surface area contributed by atoms with Gasteiger partial charge in [-0.2, -0.15) is 0 Å². The minimum Gasteiger partial charge on any atom is -0.493 e. The summed E-state index contributed by atoms with van der Waals surface area (Å²) >= 11 is 0. The van der Waals surface area contributed by atoms with E-state index < -0.39 is 12.6 Å². The van der Waals surface area contributed by atoms with Crippen molar-refractivity contribution in [1.29, 1.82) is 0 Å². The third kappa shape index (κ3) is 6.95. The number of aromatic nitrogens is 1. The Morgan fingerprint density at radius 1 is 1.16 bits per heavy atom. The lowest BCUT2D eigenvalue weighted by atomic mass is 10.1. The average molecular weight is 440 g/mol. The Balaban J connectivity index is 1.55. The van der Waals surface area contributed by atoms with Gasteiger partial charge in [-0.1, -0.05) is 30.3 Å². The lowest BCUT2D eigenvalue weighted by molar-refractivity contribution is -0.136. The Morgan fingerprint density at radius 2 is 1.91 bits per heavy atom. The zero-order valence-electron chi connectivity index (χ0n) is 17.7. The van der Waals surface area contributed by atoms with E-state index in [0.717, 1.165) is 22.6 Å². The predicted molar refractivity (Wildman–Crippen MR) is 118 cm³/mol. The quantitative estimate of drug-likeness (QED) is 0.315. The van der Waals surface area contributed by atoms with Gasteiger partial charge in [0, 0.05) is 17.7 Å². The maximum Gasteiger partial charge on any atom is 0.309 e. The van der Waals surface area contributed by atoms with E-state index in [1.165, 1.54) is 0 Å². The van der Waals surface area contributed by atoms with Crippen LogP contribution in [-0.2, 0) is 16.1 Å². The van der Waals surface area contributed by atoms with Gasteiger partial charge in [-0.25, -0.2) is 9.37 Å². The van der Waals surface area contributed by atoms with E-state index in [9.17, 15) is 9.18 Å². The number of nitrogens with one attached hydrogen (secondary N) is 1. The molecular formula is C24H25FN2O5. The fraction of sp³-hybridized carbons (Fsp3) is 0.250. The molecule has 1 aromatic heterocycles. The van der Waals surface area contributed by atoms with Gasteiger partial charge in [0.1, 0.15) is 24.8 Å². The van der Waals surface area contributed by atoms with Crippen LogP contribution in [0.25, 0.3) is 17.5 Å². The van der Waals surface area contributed by atoms with Crippen molar-refractivity contribution in [2.24, 2.45) is 0 Å². The normalized spacial score (nSPS) is 11.4. The third-order valence-electron chi connectivity index (χ3n) is 4.47. The molecule has 32 heavy (non-hydrogen) atoms. The molecule has 0 amide bonds. The lowest BCUT2D eigenvalue weighted by Crippen LogP contribution is -2.18. The first-order valence-electron chi connectivity index (χ1n) is 10.2. The average Bonchev–Trinajstić information content (AvgIpc) is 3.16. The van der Waals surface area contributed by atoms with Crippen molar-refractivity contribution in [1.82, 2.24) is 10.5 Å². The Bertz CT molecular complexity index is 1030. The fourth-order valence-corrected chi connectivity index (χ4v) is 2.95. The summed E-state index contributed by atoms with van der Waals surface area (Å²) in [5.41, 5.74) is 5.33. The summed E-state index contributed by atoms with van der Waals surface area (Å²) in [7, 11) is 0. The van der Waals surface area contributed by atoms with Crippen molar-refractivity contribution in [3.8, 4) is 17.2 Å². The lowest BCUT2D eigenvalue weighted by Gasteiger charge is -2.09. The van der Waals surface area contributed by atoms with E-state index >= 15 is 0 Å². The highest BCUT2D eigenvalue weighted by Crippen LogP contribution is 2.22. The second kappa shape index (κ2) is 11.7. The van der Waals surface area contributed by atoms with E-state index in [1.807, 2.05) is 37.3 Å². The van der Waals surface area contributed by atoms with Crippen molar-refractivity contribution < 1.29 is 28.3 Å². The second-order valence-electron chi connectivity index (χ2n) is 6.94. The van der Waals surface area contributed by atoms with Gasteiger partial charge >= 0.3 is 5.97 Å². The zero-order chi connectivity index (χ0) is 22.8. The maximum atomic E-state index is 12.2. The molecule has 0 spiro atoms. The van der Waals surface area contributed by atoms with Gasteiger partial charge in [0.25, 0.3) is 0 Å². The molecule has 0 aliphatic heterocycles. The summed E-state index contributed by atoms with van der Waals surface area (Å²) in [6.07, 6.45) is 1.95. The van der Waals surface area contributed by atoms with Gasteiger partial charge in [0.05, 0.1) is 18.7 Å². The number of carbonyl (C=O) groups is 1. The van der Waals surface area contributed by atoms with E-state index in [-0.39, 0.29) is 13.0 Å². The maximum absolute atomic E-state index is 12.2. The molecule has 0 saturated heterocycles. The molecule has 2 N–H and O–H groups in total. The molecule has 2 aromatic carbocycles. The van der Waals surface area contributed by atoms with Crippen LogP contribution in [0.2, 0.25) is 0 Å². The molecule has 0 bridgehead atoms. The smallest absolute Gasteiger partial charge is 0.309 e. The zero-order valence-corrected chi connectivity index (χ0v) is 17.7. The van der Waals surface area contributed by atoms with Gasteiger partial charge in [0.2, 0.25) is 5.89 Å². The van der Waals surface area contributed by atoms with E-state index in [4.69, 9.17) is 19.1 Å². The van der Waals surface area contributed by atoms with E-state index in [1.54, 1.807) is 30.3 Å². The number of aliphatic carboxylic acids is 1. The molecule has 0 atom stereocenters. The summed E-state index contributed by atoms with van der Waals surface area (Å²) in [6, 6.07) is 16.9. The standard InChI is InChI=1S/C24H25FN2O5/c1-17-22(26-24(32-17)19-5-3-2-4-6-19)11-13-30-21-9-7-18(8-10-21)15-20(16-23(28)29)27-31-14-12-25/h2-10,15,27H,11-14,16H2,1H3,(H,28,29). The van der Waals surface area contributed by atoms with Crippen molar-refractivity contribution in [3.63, 3.8) is 0 Å². The van der Waals surface area contributed by atoms with Crippen LogP contribution in [0.4, 0.5) is 4.39 Å². The molecule has 0 radical (unpaired) electrons. The van der Waals surface area contributed by atoms with Crippen molar-refractivity contribution in [2.75, 3.05) is 19.9 Å². The number of hydrogen-bond acceptors (Lipinski definition) is 6. The summed E-state index contributed by atoms with van der Waals surface area (Å²) in [5.74, 6) is 1.01. The first kappa shape index (κ1) is 23.0. The SMILES string of the molecule is Cc1oc(-c2ccccc2)nc1CCOc1ccc(C=C(CC(=O)O)NOCCF)cc1. The number of alkyl halides is 1. The van der Waals surface area contributed by atoms with Crippen molar-refractivity contribution >= 4 is 12.0 Å². The van der Waals surface area contributed by atoms with Crippen LogP contribution in [-0.4, -0.2) is 35.9 Å². The largest absolute Gasteiger partial charge is 0.493 e. The third-order valence-corrected chi connectivity index (χ3v) is 4.47. The van der Waals surface area contributed by atoms with Crippen LogP contribution < -0.4 is 10.2 Å². The van der Waals surface area contributed by atoms with E-state index in [2.05, 4.69) is 10.5 Å². The highest BCUT2D eigenvalue weighted by molar-refractivity contribution is 5.72. The molecule has 0 fully saturated rings. The monoisotopic (exact) mass is 440 g/mol. The number of carboxylic acids is 1. The molecular weight excluding hydrogens is 415 g/mol. The fourth-order valence-electron chi connectivity index (χ4n) is 2.95. The first-order chi connectivity index (χ1) is 15.5. The van der Waals surface area contributed by atoms with Gasteiger partial charge in [0.15, 0.2) is 0 Å². The molecule has 3 rings (SSSR count). The van der Waals surface area contributed by atoms with Crippen LogP contribution in [0.3, 0.4) is 0 Å². The molecule has 0 unspecified atom stereocenters. The molecule has 0 aliphatic rings. The van der Waals surface area contributed by atoms with Gasteiger partial charge in [-0.05, 0) is 42.8 Å². The Hall–Kier alpha value is -3.65. The molecule has 8 heteroatoms. The Morgan fingerprint density at radius 3 is 2.59 bits per heavy atom. The Labute approximate surface area is 185 Å². The summed E-state index contributed by atoms with van der Waals surface area (Å²) in [6.45, 7) is 1.48. The molecule has 1 heterocycles. The minimum atomic E-state index is -1.02. The number of halogens is 1. The number of nitrogens with zero attached hydrogens (tertiary/aromatic N) is 1. The van der Waals surface area contributed by atoms with Crippen LogP contribution in [0.1, 0.15) is 23.4 Å². The number of rotatable bonds is 12. The van der Waals surface area contributed by atoms with Crippen LogP contribution in [0, 0.1) is 6.92 Å². The van der Waals surface area contributed by atoms with Crippen molar-refractivity contribution in [3.05, 3.63) is 77.3 Å². The van der Waals surface area contributed by atoms with Crippen LogP contribution >= 0.6 is 0 Å². The molecule has 0 saturated carbocycles. The van der Waals surface area contributed by atoms with Gasteiger partial charge in [-0.15, -0.1) is 0 Å². The number of hydroxylamine groups is 1. The molecule has 168 valence electrons. The molecule has 0 aliphatic carbocycles. The Kier molecular flexibility index (Phi) is 8.39. The number of ether oxygens (including phenoxy) is 1. The molecule has 3 aromatic rings. The number of carboxylic acid groups (broad SMARTS) is 1. The highest BCUT2D eigenvalue weighted by Gasteiger charge is 2.11. The summed E-state index contributed by atoms with van der Waals surface area (Å²) in [5, 5.41) is 9.00. The van der Waals surface area contributed by atoms with E-state index in [0.29, 0.717) is 30.4 Å². The predicted octanol–water partition coefficient (Wildman–Crippen LogP) is 4.58. The highest BCUT2D eigenvalue weighted by atomic mass is 19.1. The van der Waals surface area contributed by atoms with Crippen molar-refractivity contribution in [2.45, 2.75) is 19.8 Å². The van der Waals surface area contributed by atoms with Gasteiger partial charge in [-0.3, -0.25) is 15.1 Å². The summed E-state index contributed by atoms with van der Waals surface area (Å²) < 4.78 is 23.7.